The summed E-state index contributed by atoms with van der Waals surface area (Å²) >= 11 is 0. The van der Waals surface area contributed by atoms with Crippen molar-refractivity contribution in [2.75, 3.05) is 20.1 Å². The average Bonchev–Trinajstić information content (AvgIpc) is 3.03. The lowest BCUT2D eigenvalue weighted by Crippen LogP contribution is -2.38. The maximum absolute atomic E-state index is 12.3. The first-order valence-corrected chi connectivity index (χ1v) is 9.93. The van der Waals surface area contributed by atoms with Crippen LogP contribution in [0.3, 0.4) is 0 Å². The minimum Gasteiger partial charge on any atom is -0.356 e. The Labute approximate surface area is 160 Å². The molecule has 2 aromatic rings. The summed E-state index contributed by atoms with van der Waals surface area (Å²) < 4.78 is 3.43. The van der Waals surface area contributed by atoms with Crippen LogP contribution in [0.15, 0.2) is 40.1 Å². The monoisotopic (exact) mass is 370 g/mol. The fraction of sp³-hybridized carbons (Fsp3) is 0.550. The molecule has 0 fully saturated rings. The van der Waals surface area contributed by atoms with Crippen molar-refractivity contribution >= 4 is 5.96 Å². The highest BCUT2D eigenvalue weighted by atomic mass is 16.2. The van der Waals surface area contributed by atoms with Gasteiger partial charge in [0.2, 0.25) is 0 Å². The minimum atomic E-state index is 0.0353. The lowest BCUT2D eigenvalue weighted by molar-refractivity contribution is 0.509. The van der Waals surface area contributed by atoms with E-state index in [4.69, 9.17) is 0 Å². The Balaban J connectivity index is 1.34. The third-order valence-corrected chi connectivity index (χ3v) is 4.87. The zero-order valence-electron chi connectivity index (χ0n) is 16.2. The highest BCUT2D eigenvalue weighted by Crippen LogP contribution is 2.09. The highest BCUT2D eigenvalue weighted by Gasteiger charge is 2.16. The normalized spacial score (nSPS) is 14.0. The van der Waals surface area contributed by atoms with Crippen molar-refractivity contribution in [3.63, 3.8) is 0 Å². The molecule has 0 radical (unpaired) electrons. The van der Waals surface area contributed by atoms with E-state index in [1.54, 1.807) is 11.7 Å². The second kappa shape index (κ2) is 9.94. The SMILES string of the molecule is CN=C(NCCCc1ccccc1)NCCCn1nc2n(c1=O)CCCC2. The van der Waals surface area contributed by atoms with Gasteiger partial charge < -0.3 is 10.6 Å². The Kier molecular flexibility index (Phi) is 7.07. The first kappa shape index (κ1) is 19.2. The van der Waals surface area contributed by atoms with E-state index >= 15 is 0 Å². The summed E-state index contributed by atoms with van der Waals surface area (Å²) in [6.45, 7) is 3.08. The van der Waals surface area contributed by atoms with Gasteiger partial charge >= 0.3 is 5.69 Å². The van der Waals surface area contributed by atoms with Gasteiger partial charge in [0.05, 0.1) is 0 Å². The summed E-state index contributed by atoms with van der Waals surface area (Å²) in [5, 5.41) is 11.1. The fourth-order valence-corrected chi connectivity index (χ4v) is 3.39. The van der Waals surface area contributed by atoms with E-state index in [9.17, 15) is 4.79 Å². The van der Waals surface area contributed by atoms with Crippen molar-refractivity contribution in [1.29, 1.82) is 0 Å². The molecule has 0 bridgehead atoms. The summed E-state index contributed by atoms with van der Waals surface area (Å²) in [7, 11) is 1.78. The molecule has 3 rings (SSSR count). The van der Waals surface area contributed by atoms with Crippen LogP contribution in [0.25, 0.3) is 0 Å². The molecule has 146 valence electrons. The molecule has 2 N–H and O–H groups in total. The summed E-state index contributed by atoms with van der Waals surface area (Å²) in [6, 6.07) is 10.5. The number of nitrogens with zero attached hydrogens (tertiary/aromatic N) is 4. The van der Waals surface area contributed by atoms with Gasteiger partial charge in [-0.2, -0.15) is 5.10 Å². The van der Waals surface area contributed by atoms with E-state index in [-0.39, 0.29) is 5.69 Å². The van der Waals surface area contributed by atoms with Crippen molar-refractivity contribution in [3.05, 3.63) is 52.2 Å². The molecule has 1 aliphatic rings. The van der Waals surface area contributed by atoms with Crippen molar-refractivity contribution in [2.45, 2.75) is 51.6 Å². The number of rotatable bonds is 8. The fourth-order valence-electron chi connectivity index (χ4n) is 3.39. The quantitative estimate of drug-likeness (QED) is 0.420. The van der Waals surface area contributed by atoms with E-state index in [1.165, 1.54) is 5.56 Å². The molecule has 0 saturated carbocycles. The van der Waals surface area contributed by atoms with Crippen molar-refractivity contribution < 1.29 is 0 Å². The summed E-state index contributed by atoms with van der Waals surface area (Å²) in [5.74, 6) is 1.75. The molecule has 0 atom stereocenters. The van der Waals surface area contributed by atoms with Gasteiger partial charge in [0.25, 0.3) is 0 Å². The molecule has 0 amide bonds. The standard InChI is InChI=1S/C20H30N6O/c1-21-19(22-13-7-11-17-9-3-2-4-10-17)23-14-8-16-26-20(27)25-15-6-5-12-18(25)24-26/h2-4,9-10H,5-8,11-16H2,1H3,(H2,21,22,23). The number of aryl methyl sites for hydroxylation is 3. The Morgan fingerprint density at radius 1 is 1.15 bits per heavy atom. The molecule has 1 aliphatic heterocycles. The summed E-state index contributed by atoms with van der Waals surface area (Å²) in [6.07, 6.45) is 6.07. The molecule has 0 saturated heterocycles. The molecule has 7 nitrogen and oxygen atoms in total. The molecule has 1 aromatic heterocycles. The van der Waals surface area contributed by atoms with Gasteiger partial charge in [-0.1, -0.05) is 30.3 Å². The zero-order chi connectivity index (χ0) is 18.9. The zero-order valence-corrected chi connectivity index (χ0v) is 16.2. The smallest absolute Gasteiger partial charge is 0.345 e. The van der Waals surface area contributed by atoms with Crippen LogP contribution in [-0.4, -0.2) is 40.4 Å². The number of guanidine groups is 1. The van der Waals surface area contributed by atoms with Crippen LogP contribution in [0.4, 0.5) is 0 Å². The van der Waals surface area contributed by atoms with Gasteiger partial charge in [0.15, 0.2) is 5.96 Å². The van der Waals surface area contributed by atoms with Crippen molar-refractivity contribution in [2.24, 2.45) is 4.99 Å². The molecule has 27 heavy (non-hydrogen) atoms. The van der Waals surface area contributed by atoms with Gasteiger partial charge in [-0.25, -0.2) is 9.48 Å². The molecule has 7 heteroatoms. The second-order valence-electron chi connectivity index (χ2n) is 6.90. The molecule has 2 heterocycles. The maximum atomic E-state index is 12.3. The maximum Gasteiger partial charge on any atom is 0.345 e. The Hall–Kier alpha value is -2.57. The molecule has 0 aliphatic carbocycles. The van der Waals surface area contributed by atoms with E-state index in [2.05, 4.69) is 45.0 Å². The summed E-state index contributed by atoms with van der Waals surface area (Å²) in [4.78, 5) is 16.6. The van der Waals surface area contributed by atoms with E-state index in [0.29, 0.717) is 6.54 Å². The number of hydrogen-bond donors (Lipinski definition) is 2. The van der Waals surface area contributed by atoms with Crippen LogP contribution >= 0.6 is 0 Å². The third kappa shape index (κ3) is 5.45. The average molecular weight is 371 g/mol. The molecular weight excluding hydrogens is 340 g/mol. The number of aromatic nitrogens is 3. The van der Waals surface area contributed by atoms with Crippen molar-refractivity contribution in [3.8, 4) is 0 Å². The Bertz CT molecular complexity index is 793. The van der Waals surface area contributed by atoms with Crippen LogP contribution in [0.2, 0.25) is 0 Å². The lowest BCUT2D eigenvalue weighted by Gasteiger charge is -2.11. The van der Waals surface area contributed by atoms with Crippen molar-refractivity contribution in [1.82, 2.24) is 25.0 Å². The topological polar surface area (TPSA) is 76.2 Å². The first-order chi connectivity index (χ1) is 13.3. The number of benzene rings is 1. The predicted molar refractivity (Wildman–Crippen MR) is 108 cm³/mol. The van der Waals surface area contributed by atoms with Crippen LogP contribution in [0.1, 0.15) is 37.1 Å². The van der Waals surface area contributed by atoms with Gasteiger partial charge in [0.1, 0.15) is 5.82 Å². The molecule has 0 spiro atoms. The van der Waals surface area contributed by atoms with Gasteiger partial charge in [-0.3, -0.25) is 9.56 Å². The third-order valence-electron chi connectivity index (χ3n) is 4.87. The summed E-state index contributed by atoms with van der Waals surface area (Å²) in [5.41, 5.74) is 1.39. The molecular formula is C20H30N6O. The number of hydrogen-bond acceptors (Lipinski definition) is 3. The first-order valence-electron chi connectivity index (χ1n) is 9.93. The number of fused-ring (bicyclic) bond motifs is 1. The Morgan fingerprint density at radius 3 is 2.67 bits per heavy atom. The molecule has 0 unspecified atom stereocenters. The Morgan fingerprint density at radius 2 is 1.93 bits per heavy atom. The van der Waals surface area contributed by atoms with Gasteiger partial charge in [-0.15, -0.1) is 0 Å². The number of nitrogens with one attached hydrogen (secondary N) is 2. The van der Waals surface area contributed by atoms with E-state index in [1.807, 2.05) is 10.6 Å². The van der Waals surface area contributed by atoms with Gasteiger partial charge in [0, 0.05) is 39.6 Å². The highest BCUT2D eigenvalue weighted by molar-refractivity contribution is 5.79. The minimum absolute atomic E-state index is 0.0353. The van der Waals surface area contributed by atoms with Crippen LogP contribution in [0, 0.1) is 0 Å². The number of aliphatic imine (C=N–C) groups is 1. The lowest BCUT2D eigenvalue weighted by atomic mass is 10.1. The van der Waals surface area contributed by atoms with E-state index in [0.717, 1.165) is 69.9 Å². The predicted octanol–water partition coefficient (Wildman–Crippen LogP) is 1.57. The van der Waals surface area contributed by atoms with E-state index < -0.39 is 0 Å². The van der Waals surface area contributed by atoms with Crippen LogP contribution < -0.4 is 16.3 Å². The molecule has 1 aromatic carbocycles. The second-order valence-corrected chi connectivity index (χ2v) is 6.90. The van der Waals surface area contributed by atoms with Gasteiger partial charge in [-0.05, 0) is 37.7 Å². The van der Waals surface area contributed by atoms with Crippen LogP contribution in [0.5, 0.6) is 0 Å². The largest absolute Gasteiger partial charge is 0.356 e. The van der Waals surface area contributed by atoms with Crippen LogP contribution in [-0.2, 0) is 25.9 Å².